The van der Waals surface area contributed by atoms with Crippen molar-refractivity contribution in [2.24, 2.45) is 5.41 Å². The van der Waals surface area contributed by atoms with E-state index in [2.05, 4.69) is 38.8 Å². The molecular weight excluding hydrogens is 290 g/mol. The zero-order valence-electron chi connectivity index (χ0n) is 13.0. The van der Waals surface area contributed by atoms with Crippen molar-refractivity contribution in [2.75, 3.05) is 19.8 Å². The Balaban J connectivity index is 1.72. The lowest BCUT2D eigenvalue weighted by atomic mass is 9.81. The molecular formula is C18H21N3O2. The maximum absolute atomic E-state index is 9.95. The number of aromatic nitrogens is 3. The molecule has 1 fully saturated rings. The van der Waals surface area contributed by atoms with Gasteiger partial charge in [-0.2, -0.15) is 0 Å². The Morgan fingerprint density at radius 2 is 2.13 bits per heavy atom. The minimum absolute atomic E-state index is 0.114. The van der Waals surface area contributed by atoms with Crippen LogP contribution in [0.5, 0.6) is 0 Å². The number of imidazole rings is 1. The van der Waals surface area contributed by atoms with Crippen LogP contribution in [0.15, 0.2) is 42.9 Å². The van der Waals surface area contributed by atoms with Crippen LogP contribution in [-0.2, 0) is 11.3 Å². The number of fused-ring (bicyclic) bond motifs is 1. The second kappa shape index (κ2) is 5.83. The molecule has 5 nitrogen and oxygen atoms in total. The van der Waals surface area contributed by atoms with E-state index in [-0.39, 0.29) is 12.0 Å². The van der Waals surface area contributed by atoms with Gasteiger partial charge in [0, 0.05) is 54.7 Å². The van der Waals surface area contributed by atoms with Gasteiger partial charge in [0.15, 0.2) is 0 Å². The monoisotopic (exact) mass is 311 g/mol. The van der Waals surface area contributed by atoms with E-state index in [9.17, 15) is 5.11 Å². The van der Waals surface area contributed by atoms with E-state index in [0.717, 1.165) is 49.5 Å². The molecule has 1 aromatic carbocycles. The smallest absolute Gasteiger partial charge is 0.142 e. The van der Waals surface area contributed by atoms with Gasteiger partial charge in [-0.3, -0.25) is 0 Å². The van der Waals surface area contributed by atoms with Gasteiger partial charge >= 0.3 is 0 Å². The molecule has 0 unspecified atom stereocenters. The number of para-hydroxylation sites is 1. The quantitative estimate of drug-likeness (QED) is 0.779. The zero-order valence-corrected chi connectivity index (χ0v) is 13.0. The van der Waals surface area contributed by atoms with Gasteiger partial charge in [0.1, 0.15) is 5.82 Å². The van der Waals surface area contributed by atoms with E-state index >= 15 is 0 Å². The van der Waals surface area contributed by atoms with Crippen LogP contribution in [0.1, 0.15) is 12.8 Å². The first kappa shape index (κ1) is 14.5. The Labute approximate surface area is 134 Å². The number of rotatable bonds is 4. The highest BCUT2D eigenvalue weighted by molar-refractivity contribution is 5.92. The lowest BCUT2D eigenvalue weighted by Gasteiger charge is -2.36. The van der Waals surface area contributed by atoms with Crippen LogP contribution in [0.3, 0.4) is 0 Å². The SMILES string of the molecule is OCC1(Cn2ccnc2-c2cccc3cc[nH]c23)CCOCC1. The van der Waals surface area contributed by atoms with Crippen LogP contribution in [0.2, 0.25) is 0 Å². The predicted molar refractivity (Wildman–Crippen MR) is 89.1 cm³/mol. The summed E-state index contributed by atoms with van der Waals surface area (Å²) in [5, 5.41) is 11.1. The van der Waals surface area contributed by atoms with Crippen molar-refractivity contribution in [2.45, 2.75) is 19.4 Å². The molecule has 0 spiro atoms. The number of aromatic amines is 1. The fourth-order valence-corrected chi connectivity index (χ4v) is 3.48. The maximum Gasteiger partial charge on any atom is 0.142 e. The lowest BCUT2D eigenvalue weighted by molar-refractivity contribution is -0.0250. The number of benzene rings is 1. The van der Waals surface area contributed by atoms with Gasteiger partial charge in [-0.25, -0.2) is 4.98 Å². The van der Waals surface area contributed by atoms with Gasteiger partial charge in [0.2, 0.25) is 0 Å². The highest BCUT2D eigenvalue weighted by atomic mass is 16.5. The summed E-state index contributed by atoms with van der Waals surface area (Å²) in [5.74, 6) is 0.942. The van der Waals surface area contributed by atoms with E-state index in [0.29, 0.717) is 0 Å². The molecule has 0 saturated carbocycles. The van der Waals surface area contributed by atoms with Gasteiger partial charge in [0.25, 0.3) is 0 Å². The Morgan fingerprint density at radius 3 is 2.96 bits per heavy atom. The molecule has 0 amide bonds. The van der Waals surface area contributed by atoms with E-state index in [1.807, 2.05) is 18.6 Å². The normalized spacial score (nSPS) is 17.6. The summed E-state index contributed by atoms with van der Waals surface area (Å²) >= 11 is 0. The fourth-order valence-electron chi connectivity index (χ4n) is 3.48. The average molecular weight is 311 g/mol. The van der Waals surface area contributed by atoms with Gasteiger partial charge in [-0.05, 0) is 25.0 Å². The molecule has 2 aromatic heterocycles. The molecule has 0 radical (unpaired) electrons. The first-order valence-corrected chi connectivity index (χ1v) is 8.08. The Morgan fingerprint density at radius 1 is 1.26 bits per heavy atom. The molecule has 1 aliphatic rings. The van der Waals surface area contributed by atoms with Crippen LogP contribution >= 0.6 is 0 Å². The summed E-state index contributed by atoms with van der Waals surface area (Å²) in [6.45, 7) is 2.38. The molecule has 3 aromatic rings. The standard InChI is InChI=1S/C18H21N3O2/c22-13-18(5-10-23-11-6-18)12-21-9-8-20-17(21)15-3-1-2-14-4-7-19-16(14)15/h1-4,7-9,19,22H,5-6,10-13H2. The van der Waals surface area contributed by atoms with E-state index < -0.39 is 0 Å². The van der Waals surface area contributed by atoms with Gasteiger partial charge in [-0.15, -0.1) is 0 Å². The third kappa shape index (κ3) is 2.56. The molecule has 4 rings (SSSR count). The van der Waals surface area contributed by atoms with Crippen LogP contribution in [-0.4, -0.2) is 39.5 Å². The summed E-state index contributed by atoms with van der Waals surface area (Å²) in [7, 11) is 0. The Hall–Kier alpha value is -2.11. The average Bonchev–Trinajstić information content (AvgIpc) is 3.24. The molecule has 1 aliphatic heterocycles. The van der Waals surface area contributed by atoms with Crippen LogP contribution in [0.4, 0.5) is 0 Å². The molecule has 1 saturated heterocycles. The number of aliphatic hydroxyl groups excluding tert-OH is 1. The van der Waals surface area contributed by atoms with E-state index in [1.165, 1.54) is 5.39 Å². The topological polar surface area (TPSA) is 63.1 Å². The second-order valence-electron chi connectivity index (χ2n) is 6.40. The van der Waals surface area contributed by atoms with Gasteiger partial charge in [0.05, 0.1) is 12.1 Å². The first-order valence-electron chi connectivity index (χ1n) is 8.08. The number of H-pyrrole nitrogens is 1. The molecule has 0 bridgehead atoms. The van der Waals surface area contributed by atoms with Crippen molar-refractivity contribution in [3.8, 4) is 11.4 Å². The van der Waals surface area contributed by atoms with E-state index in [1.54, 1.807) is 0 Å². The van der Waals surface area contributed by atoms with Crippen molar-refractivity contribution in [3.63, 3.8) is 0 Å². The molecule has 5 heteroatoms. The summed E-state index contributed by atoms with van der Waals surface area (Å²) < 4.78 is 7.63. The number of aliphatic hydroxyl groups is 1. The lowest BCUT2D eigenvalue weighted by Crippen LogP contribution is -2.37. The second-order valence-corrected chi connectivity index (χ2v) is 6.40. The van der Waals surface area contributed by atoms with Crippen LogP contribution in [0.25, 0.3) is 22.3 Å². The first-order chi connectivity index (χ1) is 11.3. The summed E-state index contributed by atoms with van der Waals surface area (Å²) in [5.41, 5.74) is 2.08. The Kier molecular flexibility index (Phi) is 3.67. The van der Waals surface area contributed by atoms with Crippen LogP contribution in [0, 0.1) is 5.41 Å². The number of nitrogens with one attached hydrogen (secondary N) is 1. The van der Waals surface area contributed by atoms with Crippen molar-refractivity contribution in [1.82, 2.24) is 14.5 Å². The third-order valence-corrected chi connectivity index (χ3v) is 4.94. The van der Waals surface area contributed by atoms with E-state index in [4.69, 9.17) is 4.74 Å². The Bertz CT molecular complexity index is 799. The molecule has 23 heavy (non-hydrogen) atoms. The maximum atomic E-state index is 9.95. The summed E-state index contributed by atoms with van der Waals surface area (Å²) in [6.07, 6.45) is 7.56. The number of ether oxygens (including phenoxy) is 1. The molecule has 2 N–H and O–H groups in total. The van der Waals surface area contributed by atoms with Gasteiger partial charge < -0.3 is 19.4 Å². The summed E-state index contributed by atoms with van der Waals surface area (Å²) in [4.78, 5) is 7.89. The predicted octanol–water partition coefficient (Wildman–Crippen LogP) is 2.82. The van der Waals surface area contributed by atoms with Crippen molar-refractivity contribution in [1.29, 1.82) is 0 Å². The van der Waals surface area contributed by atoms with Crippen molar-refractivity contribution >= 4 is 10.9 Å². The van der Waals surface area contributed by atoms with Crippen LogP contribution < -0.4 is 0 Å². The highest BCUT2D eigenvalue weighted by Gasteiger charge is 2.33. The third-order valence-electron chi connectivity index (χ3n) is 4.94. The van der Waals surface area contributed by atoms with Crippen molar-refractivity contribution < 1.29 is 9.84 Å². The molecule has 0 aliphatic carbocycles. The summed E-state index contributed by atoms with van der Waals surface area (Å²) in [6, 6.07) is 8.31. The van der Waals surface area contributed by atoms with Gasteiger partial charge in [-0.1, -0.05) is 12.1 Å². The largest absolute Gasteiger partial charge is 0.396 e. The fraction of sp³-hybridized carbons (Fsp3) is 0.389. The molecule has 3 heterocycles. The number of nitrogens with zero attached hydrogens (tertiary/aromatic N) is 2. The minimum atomic E-state index is -0.114. The zero-order chi connectivity index (χ0) is 15.7. The molecule has 0 atom stereocenters. The minimum Gasteiger partial charge on any atom is -0.396 e. The number of hydrogen-bond donors (Lipinski definition) is 2. The van der Waals surface area contributed by atoms with Crippen molar-refractivity contribution in [3.05, 3.63) is 42.9 Å². The molecule has 120 valence electrons. The highest BCUT2D eigenvalue weighted by Crippen LogP contribution is 2.34. The number of hydrogen-bond acceptors (Lipinski definition) is 3.